The average Bonchev–Trinajstić information content (AvgIpc) is 3.31. The zero-order chi connectivity index (χ0) is 18.9. The first-order valence-corrected chi connectivity index (χ1v) is 10.0. The number of amides is 2. The van der Waals surface area contributed by atoms with E-state index in [4.69, 9.17) is 0 Å². The van der Waals surface area contributed by atoms with Gasteiger partial charge in [-0.3, -0.25) is 14.6 Å². The highest BCUT2D eigenvalue weighted by Crippen LogP contribution is 2.38. The summed E-state index contributed by atoms with van der Waals surface area (Å²) in [6.45, 7) is 1.45. The van der Waals surface area contributed by atoms with Gasteiger partial charge in [-0.15, -0.1) is 0 Å². The monoisotopic (exact) mass is 366 g/mol. The molecular weight excluding hydrogens is 340 g/mol. The summed E-state index contributed by atoms with van der Waals surface area (Å²) in [5.41, 5.74) is 0.511. The van der Waals surface area contributed by atoms with Crippen molar-refractivity contribution < 1.29 is 9.59 Å². The van der Waals surface area contributed by atoms with Crippen molar-refractivity contribution in [2.45, 2.75) is 56.4 Å². The predicted octanol–water partition coefficient (Wildman–Crippen LogP) is 2.38. The van der Waals surface area contributed by atoms with E-state index in [2.05, 4.69) is 22.4 Å². The van der Waals surface area contributed by atoms with Crippen LogP contribution >= 0.6 is 0 Å². The lowest BCUT2D eigenvalue weighted by Gasteiger charge is -2.33. The molecule has 0 aromatic carbocycles. The molecule has 4 rings (SSSR count). The maximum atomic E-state index is 13.2. The second-order valence-corrected chi connectivity index (χ2v) is 8.24. The Balaban J connectivity index is 1.42. The van der Waals surface area contributed by atoms with E-state index in [0.717, 1.165) is 51.5 Å². The van der Waals surface area contributed by atoms with Crippen molar-refractivity contribution in [2.24, 2.45) is 11.8 Å². The first-order valence-electron chi connectivity index (χ1n) is 10.0. The molecule has 2 amide bonds. The Bertz CT molecular complexity index is 753. The smallest absolute Gasteiger partial charge is 0.226 e. The standard InChI is InChI=1S/C21H26N4O2/c22-14-21(8-9-21)24-19(26)17-5-1-2-6-18(17)20(27)25-11-7-16(13-25)15-4-3-10-23-12-15/h3-4,10,12,16-18H,1-2,5-9,11,13H2,(H,24,26)/t16?,17-,18-/m1/s1. The summed E-state index contributed by atoms with van der Waals surface area (Å²) in [5, 5.41) is 12.2. The Kier molecular flexibility index (Phi) is 4.86. The number of nitriles is 1. The number of pyridine rings is 1. The topological polar surface area (TPSA) is 86.1 Å². The first kappa shape index (κ1) is 18.0. The zero-order valence-corrected chi connectivity index (χ0v) is 15.6. The molecule has 0 bridgehead atoms. The van der Waals surface area contributed by atoms with Gasteiger partial charge < -0.3 is 10.2 Å². The van der Waals surface area contributed by atoms with E-state index in [9.17, 15) is 14.9 Å². The molecule has 3 atom stereocenters. The van der Waals surface area contributed by atoms with Crippen molar-refractivity contribution in [1.82, 2.24) is 15.2 Å². The van der Waals surface area contributed by atoms with Crippen LogP contribution in [0.15, 0.2) is 24.5 Å². The van der Waals surface area contributed by atoms with E-state index in [-0.39, 0.29) is 23.7 Å². The Morgan fingerprint density at radius 2 is 2.00 bits per heavy atom. The lowest BCUT2D eigenvalue weighted by molar-refractivity contribution is -0.143. The maximum Gasteiger partial charge on any atom is 0.226 e. The van der Waals surface area contributed by atoms with Crippen molar-refractivity contribution in [1.29, 1.82) is 5.26 Å². The minimum Gasteiger partial charge on any atom is -0.342 e. The SMILES string of the molecule is N#CC1(NC(=O)[C@@H]2CCCC[C@H]2C(=O)N2CCC(c3cccnc3)C2)CC1. The molecule has 2 saturated carbocycles. The normalized spacial score (nSPS) is 29.0. The predicted molar refractivity (Wildman–Crippen MR) is 99.3 cm³/mol. The van der Waals surface area contributed by atoms with Gasteiger partial charge in [0.2, 0.25) is 11.8 Å². The molecule has 1 aliphatic heterocycles. The fourth-order valence-electron chi connectivity index (χ4n) is 4.54. The minimum absolute atomic E-state index is 0.102. The van der Waals surface area contributed by atoms with Crippen LogP contribution in [0.4, 0.5) is 0 Å². The van der Waals surface area contributed by atoms with Crippen LogP contribution in [0.2, 0.25) is 0 Å². The van der Waals surface area contributed by atoms with Gasteiger partial charge in [-0.25, -0.2) is 0 Å². The molecule has 1 aromatic heterocycles. The number of rotatable bonds is 4. The van der Waals surface area contributed by atoms with Crippen LogP contribution < -0.4 is 5.32 Å². The first-order chi connectivity index (χ1) is 13.1. The third-order valence-corrected chi connectivity index (χ3v) is 6.40. The molecule has 1 aromatic rings. The lowest BCUT2D eigenvalue weighted by atomic mass is 9.77. The van der Waals surface area contributed by atoms with Crippen molar-refractivity contribution in [3.63, 3.8) is 0 Å². The van der Waals surface area contributed by atoms with E-state index in [0.29, 0.717) is 12.5 Å². The molecule has 1 saturated heterocycles. The summed E-state index contributed by atoms with van der Waals surface area (Å²) in [4.78, 5) is 32.1. The van der Waals surface area contributed by atoms with Crippen LogP contribution in [0.5, 0.6) is 0 Å². The summed E-state index contributed by atoms with van der Waals surface area (Å²) >= 11 is 0. The van der Waals surface area contributed by atoms with E-state index in [1.165, 1.54) is 5.56 Å². The van der Waals surface area contributed by atoms with Gasteiger partial charge in [0.15, 0.2) is 0 Å². The Morgan fingerprint density at radius 1 is 1.22 bits per heavy atom. The molecule has 3 fully saturated rings. The van der Waals surface area contributed by atoms with Crippen LogP contribution in [0.1, 0.15) is 56.4 Å². The Labute approximate surface area is 159 Å². The van der Waals surface area contributed by atoms with Gasteiger partial charge >= 0.3 is 0 Å². The molecule has 0 radical (unpaired) electrons. The van der Waals surface area contributed by atoms with Gasteiger partial charge in [-0.1, -0.05) is 18.9 Å². The Morgan fingerprint density at radius 3 is 2.67 bits per heavy atom. The number of carbonyl (C=O) groups is 2. The number of nitrogens with one attached hydrogen (secondary N) is 1. The van der Waals surface area contributed by atoms with Crippen LogP contribution in [0.25, 0.3) is 0 Å². The molecule has 142 valence electrons. The number of hydrogen-bond donors (Lipinski definition) is 1. The van der Waals surface area contributed by atoms with Gasteiger partial charge in [-0.05, 0) is 43.7 Å². The second-order valence-electron chi connectivity index (χ2n) is 8.24. The fourth-order valence-corrected chi connectivity index (χ4v) is 4.54. The number of carbonyl (C=O) groups excluding carboxylic acids is 2. The van der Waals surface area contributed by atoms with Gasteiger partial charge in [0.1, 0.15) is 5.54 Å². The number of hydrogen-bond acceptors (Lipinski definition) is 4. The third-order valence-electron chi connectivity index (χ3n) is 6.40. The van der Waals surface area contributed by atoms with E-state index in [1.54, 1.807) is 6.20 Å². The molecule has 1 N–H and O–H groups in total. The molecule has 2 aliphatic carbocycles. The van der Waals surface area contributed by atoms with Crippen molar-refractivity contribution in [3.8, 4) is 6.07 Å². The van der Waals surface area contributed by atoms with Crippen molar-refractivity contribution in [2.75, 3.05) is 13.1 Å². The molecular formula is C21H26N4O2. The average molecular weight is 366 g/mol. The quantitative estimate of drug-likeness (QED) is 0.886. The van der Waals surface area contributed by atoms with Crippen LogP contribution in [-0.4, -0.2) is 40.3 Å². The van der Waals surface area contributed by atoms with Crippen LogP contribution in [0, 0.1) is 23.2 Å². The summed E-state index contributed by atoms with van der Waals surface area (Å²) in [7, 11) is 0. The fraction of sp³-hybridized carbons (Fsp3) is 0.619. The molecule has 6 nitrogen and oxygen atoms in total. The van der Waals surface area contributed by atoms with Gasteiger partial charge in [0.25, 0.3) is 0 Å². The van der Waals surface area contributed by atoms with Crippen LogP contribution in [-0.2, 0) is 9.59 Å². The van der Waals surface area contributed by atoms with E-state index < -0.39 is 5.54 Å². The zero-order valence-electron chi connectivity index (χ0n) is 15.6. The molecule has 2 heterocycles. The summed E-state index contributed by atoms with van der Waals surface area (Å²) in [6, 6.07) is 6.22. The summed E-state index contributed by atoms with van der Waals surface area (Å²) in [5.74, 6) is -0.208. The molecule has 1 unspecified atom stereocenters. The van der Waals surface area contributed by atoms with Gasteiger partial charge in [0, 0.05) is 43.2 Å². The third kappa shape index (κ3) is 3.69. The number of aromatic nitrogens is 1. The highest BCUT2D eigenvalue weighted by Gasteiger charge is 2.47. The Hall–Kier alpha value is -2.42. The van der Waals surface area contributed by atoms with E-state index in [1.807, 2.05) is 17.2 Å². The highest BCUT2D eigenvalue weighted by molar-refractivity contribution is 5.89. The number of nitrogens with zero attached hydrogens (tertiary/aromatic N) is 3. The van der Waals surface area contributed by atoms with Crippen molar-refractivity contribution in [3.05, 3.63) is 30.1 Å². The van der Waals surface area contributed by atoms with Crippen molar-refractivity contribution >= 4 is 11.8 Å². The molecule has 6 heteroatoms. The molecule has 3 aliphatic rings. The molecule has 27 heavy (non-hydrogen) atoms. The molecule has 0 spiro atoms. The van der Waals surface area contributed by atoms with E-state index >= 15 is 0 Å². The van der Waals surface area contributed by atoms with Crippen LogP contribution in [0.3, 0.4) is 0 Å². The highest BCUT2D eigenvalue weighted by atomic mass is 16.2. The summed E-state index contributed by atoms with van der Waals surface area (Å²) < 4.78 is 0. The number of likely N-dealkylation sites (tertiary alicyclic amines) is 1. The largest absolute Gasteiger partial charge is 0.342 e. The second kappa shape index (κ2) is 7.30. The van der Waals surface area contributed by atoms with Gasteiger partial charge in [0.05, 0.1) is 6.07 Å². The lowest BCUT2D eigenvalue weighted by Crippen LogP contribution is -2.47. The maximum absolute atomic E-state index is 13.2. The minimum atomic E-state index is -0.665. The van der Waals surface area contributed by atoms with Gasteiger partial charge in [-0.2, -0.15) is 5.26 Å². The summed E-state index contributed by atoms with van der Waals surface area (Å²) in [6.07, 6.45) is 9.50.